The van der Waals surface area contributed by atoms with Crippen molar-refractivity contribution in [1.29, 1.82) is 0 Å². The van der Waals surface area contributed by atoms with Gasteiger partial charge in [0, 0.05) is 36.8 Å². The van der Waals surface area contributed by atoms with Gasteiger partial charge in [-0.15, -0.1) is 11.8 Å². The van der Waals surface area contributed by atoms with Crippen molar-refractivity contribution < 1.29 is 9.90 Å². The van der Waals surface area contributed by atoms with Gasteiger partial charge in [-0.05, 0) is 68.0 Å². The number of nitrogens with zero attached hydrogens (tertiary/aromatic N) is 2. The van der Waals surface area contributed by atoms with E-state index in [0.29, 0.717) is 5.92 Å². The molecule has 1 N–H and O–H groups in total. The van der Waals surface area contributed by atoms with Gasteiger partial charge in [0.2, 0.25) is 0 Å². The fraction of sp³-hybridized carbons (Fsp3) is 0.611. The number of rotatable bonds is 3. The van der Waals surface area contributed by atoms with Crippen LogP contribution in [0, 0.1) is 11.8 Å². The van der Waals surface area contributed by atoms with E-state index in [9.17, 15) is 4.79 Å². The number of thioether (sulfide) groups is 1. The molecule has 126 valence electrons. The predicted octanol–water partition coefficient (Wildman–Crippen LogP) is 4.01. The van der Waals surface area contributed by atoms with Gasteiger partial charge in [0.25, 0.3) is 0 Å². The molecule has 2 aliphatic rings. The summed E-state index contributed by atoms with van der Waals surface area (Å²) in [5, 5.41) is 9.05. The van der Waals surface area contributed by atoms with Gasteiger partial charge in [-0.1, -0.05) is 0 Å². The molecule has 0 spiro atoms. The zero-order valence-corrected chi connectivity index (χ0v) is 14.6. The molecule has 23 heavy (non-hydrogen) atoms. The van der Waals surface area contributed by atoms with E-state index < -0.39 is 6.09 Å². The van der Waals surface area contributed by atoms with E-state index in [1.807, 2.05) is 0 Å². The van der Waals surface area contributed by atoms with E-state index in [2.05, 4.69) is 35.4 Å². The van der Waals surface area contributed by atoms with Gasteiger partial charge in [-0.2, -0.15) is 0 Å². The number of hydrogen-bond acceptors (Lipinski definition) is 3. The minimum Gasteiger partial charge on any atom is -0.465 e. The van der Waals surface area contributed by atoms with Gasteiger partial charge in [-0.3, -0.25) is 0 Å². The largest absolute Gasteiger partial charge is 0.465 e. The Bertz CT molecular complexity index is 518. The number of likely N-dealkylation sites (tertiary alicyclic amines) is 1. The molecule has 0 radical (unpaired) electrons. The van der Waals surface area contributed by atoms with Crippen LogP contribution in [0.15, 0.2) is 29.2 Å². The fourth-order valence-corrected chi connectivity index (χ4v) is 4.39. The summed E-state index contributed by atoms with van der Waals surface area (Å²) >= 11 is 1.78. The van der Waals surface area contributed by atoms with Crippen molar-refractivity contribution in [2.24, 2.45) is 11.8 Å². The summed E-state index contributed by atoms with van der Waals surface area (Å²) in [4.78, 5) is 16.4. The first-order valence-corrected chi connectivity index (χ1v) is 9.76. The Kier molecular flexibility index (Phi) is 5.36. The summed E-state index contributed by atoms with van der Waals surface area (Å²) in [6.45, 7) is 3.69. The Morgan fingerprint density at radius 3 is 2.00 bits per heavy atom. The smallest absolute Gasteiger partial charge is 0.407 e. The number of benzene rings is 1. The van der Waals surface area contributed by atoms with Crippen molar-refractivity contribution >= 4 is 23.5 Å². The highest BCUT2D eigenvalue weighted by atomic mass is 32.2. The molecule has 5 heteroatoms. The normalized spacial score (nSPS) is 20.7. The van der Waals surface area contributed by atoms with E-state index in [1.54, 1.807) is 16.7 Å². The number of anilines is 1. The van der Waals surface area contributed by atoms with E-state index in [4.69, 9.17) is 5.11 Å². The Morgan fingerprint density at radius 2 is 1.52 bits per heavy atom. The minimum atomic E-state index is -0.757. The molecule has 0 saturated carbocycles. The molecule has 1 amide bonds. The molecule has 0 bridgehead atoms. The van der Waals surface area contributed by atoms with Gasteiger partial charge >= 0.3 is 6.09 Å². The van der Waals surface area contributed by atoms with Crippen LogP contribution in [-0.4, -0.2) is 48.5 Å². The van der Waals surface area contributed by atoms with Gasteiger partial charge in [0.15, 0.2) is 0 Å². The molecule has 1 aromatic carbocycles. The first-order valence-electron chi connectivity index (χ1n) is 8.54. The molecule has 3 rings (SSSR count). The van der Waals surface area contributed by atoms with E-state index >= 15 is 0 Å². The summed E-state index contributed by atoms with van der Waals surface area (Å²) in [7, 11) is 0. The zero-order valence-electron chi connectivity index (χ0n) is 13.8. The van der Waals surface area contributed by atoms with Crippen LogP contribution in [0.1, 0.15) is 25.7 Å². The summed E-state index contributed by atoms with van der Waals surface area (Å²) in [5.41, 5.74) is 1.34. The molecule has 4 nitrogen and oxygen atoms in total. The lowest BCUT2D eigenvalue weighted by atomic mass is 9.79. The highest BCUT2D eigenvalue weighted by molar-refractivity contribution is 7.98. The molecule has 0 aliphatic carbocycles. The van der Waals surface area contributed by atoms with Crippen LogP contribution in [0.2, 0.25) is 0 Å². The van der Waals surface area contributed by atoms with Crippen molar-refractivity contribution in [2.75, 3.05) is 37.3 Å². The van der Waals surface area contributed by atoms with Crippen molar-refractivity contribution in [1.82, 2.24) is 4.90 Å². The van der Waals surface area contributed by atoms with Gasteiger partial charge < -0.3 is 14.9 Å². The van der Waals surface area contributed by atoms with E-state index in [1.165, 1.54) is 23.4 Å². The van der Waals surface area contributed by atoms with Crippen LogP contribution in [0.3, 0.4) is 0 Å². The topological polar surface area (TPSA) is 43.8 Å². The molecule has 0 aromatic heterocycles. The van der Waals surface area contributed by atoms with Crippen LogP contribution < -0.4 is 4.90 Å². The number of piperidine rings is 2. The van der Waals surface area contributed by atoms with Crippen molar-refractivity contribution in [2.45, 2.75) is 30.6 Å². The van der Waals surface area contributed by atoms with Crippen LogP contribution in [0.25, 0.3) is 0 Å². The number of carboxylic acid groups (broad SMARTS) is 1. The van der Waals surface area contributed by atoms with Crippen LogP contribution in [0.5, 0.6) is 0 Å². The predicted molar refractivity (Wildman–Crippen MR) is 95.5 cm³/mol. The third kappa shape index (κ3) is 3.94. The van der Waals surface area contributed by atoms with Gasteiger partial charge in [-0.25, -0.2) is 4.79 Å². The van der Waals surface area contributed by atoms with Crippen molar-refractivity contribution in [3.05, 3.63) is 24.3 Å². The Morgan fingerprint density at radius 1 is 1.00 bits per heavy atom. The number of hydrogen-bond donors (Lipinski definition) is 1. The lowest BCUT2D eigenvalue weighted by Gasteiger charge is -2.40. The fourth-order valence-electron chi connectivity index (χ4n) is 3.98. The first-order chi connectivity index (χ1) is 11.2. The first kappa shape index (κ1) is 16.5. The number of carbonyl (C=O) groups is 1. The average molecular weight is 334 g/mol. The minimum absolute atomic E-state index is 0.714. The lowest BCUT2D eigenvalue weighted by molar-refractivity contribution is 0.107. The summed E-state index contributed by atoms with van der Waals surface area (Å²) < 4.78 is 0. The second-order valence-corrected chi connectivity index (χ2v) is 7.51. The molecule has 0 atom stereocenters. The molecule has 0 unspecified atom stereocenters. The van der Waals surface area contributed by atoms with Gasteiger partial charge in [0.05, 0.1) is 0 Å². The second-order valence-electron chi connectivity index (χ2n) is 6.63. The average Bonchev–Trinajstić information content (AvgIpc) is 2.62. The summed E-state index contributed by atoms with van der Waals surface area (Å²) in [5.74, 6) is 1.49. The maximum atomic E-state index is 11.0. The van der Waals surface area contributed by atoms with Crippen molar-refractivity contribution in [3.8, 4) is 0 Å². The van der Waals surface area contributed by atoms with E-state index in [0.717, 1.165) is 44.9 Å². The third-order valence-electron chi connectivity index (χ3n) is 5.45. The SMILES string of the molecule is CSc1ccc(N2CCC(C3CCN(C(=O)O)CC3)CC2)cc1. The summed E-state index contributed by atoms with van der Waals surface area (Å²) in [6, 6.07) is 8.87. The maximum Gasteiger partial charge on any atom is 0.407 e. The molecule has 2 fully saturated rings. The standard InChI is InChI=1S/C18H26N2O2S/c1-23-17-4-2-16(3-5-17)19-10-6-14(7-11-19)15-8-12-20(13-9-15)18(21)22/h2-5,14-15H,6-13H2,1H3,(H,21,22). The summed E-state index contributed by atoms with van der Waals surface area (Å²) in [6.07, 6.45) is 5.91. The molecule has 2 aliphatic heterocycles. The highest BCUT2D eigenvalue weighted by Crippen LogP contribution is 2.34. The Balaban J connectivity index is 1.49. The Hall–Kier alpha value is -1.36. The number of amides is 1. The Labute approximate surface area is 142 Å². The quantitative estimate of drug-likeness (QED) is 0.848. The third-order valence-corrected chi connectivity index (χ3v) is 6.20. The van der Waals surface area contributed by atoms with Crippen molar-refractivity contribution in [3.63, 3.8) is 0 Å². The molecule has 2 saturated heterocycles. The van der Waals surface area contributed by atoms with E-state index in [-0.39, 0.29) is 0 Å². The van der Waals surface area contributed by atoms with Crippen LogP contribution in [-0.2, 0) is 0 Å². The highest BCUT2D eigenvalue weighted by Gasteiger charge is 2.30. The van der Waals surface area contributed by atoms with Crippen LogP contribution in [0.4, 0.5) is 10.5 Å². The lowest BCUT2D eigenvalue weighted by Crippen LogP contribution is -2.42. The molecule has 2 heterocycles. The molecule has 1 aromatic rings. The molecular weight excluding hydrogens is 308 g/mol. The van der Waals surface area contributed by atoms with Gasteiger partial charge in [0.1, 0.15) is 0 Å². The van der Waals surface area contributed by atoms with Crippen LogP contribution >= 0.6 is 11.8 Å². The monoisotopic (exact) mass is 334 g/mol. The maximum absolute atomic E-state index is 11.0. The molecular formula is C18H26N2O2S. The second kappa shape index (κ2) is 7.47. The zero-order chi connectivity index (χ0) is 16.2.